The minimum Gasteiger partial charge on any atom is -0.309 e. The number of hydrogen-bond donors (Lipinski definition) is 0. The van der Waals surface area contributed by atoms with E-state index in [-0.39, 0.29) is 0 Å². The van der Waals surface area contributed by atoms with E-state index >= 15 is 0 Å². The van der Waals surface area contributed by atoms with Gasteiger partial charge in [0.05, 0.1) is 51.1 Å². The van der Waals surface area contributed by atoms with Crippen LogP contribution in [-0.2, 0) is 12.4 Å². The quantitative estimate of drug-likeness (QED) is 0.118. The van der Waals surface area contributed by atoms with Crippen LogP contribution in [0.5, 0.6) is 0 Å². The fraction of sp³-hybridized carbons (Fsp3) is 0.0333. The average Bonchev–Trinajstić information content (AvgIpc) is 3.92. The van der Waals surface area contributed by atoms with E-state index in [0.29, 0.717) is 106 Å². The minimum absolute atomic E-state index is 0.347. The lowest BCUT2D eigenvalue weighted by Crippen LogP contribution is -2.05. The zero-order valence-corrected chi connectivity index (χ0v) is 37.6. The Labute approximate surface area is 407 Å². The van der Waals surface area contributed by atoms with Crippen molar-refractivity contribution < 1.29 is 26.3 Å². The molecule has 0 N–H and O–H groups in total. The van der Waals surface area contributed by atoms with Gasteiger partial charge in [-0.25, -0.2) is 19.8 Å². The van der Waals surface area contributed by atoms with Gasteiger partial charge in [0.25, 0.3) is 0 Å². The minimum atomic E-state index is -4.58. The molecule has 0 atom stereocenters. The van der Waals surface area contributed by atoms with Crippen molar-refractivity contribution in [3.63, 3.8) is 0 Å². The number of para-hydroxylation sites is 3. The highest BCUT2D eigenvalue weighted by Crippen LogP contribution is 2.45. The van der Waals surface area contributed by atoms with Crippen LogP contribution in [0.4, 0.5) is 32.0 Å². The molecule has 0 saturated carbocycles. The van der Waals surface area contributed by atoms with Gasteiger partial charge < -0.3 is 9.13 Å². The van der Waals surface area contributed by atoms with Gasteiger partial charge >= 0.3 is 12.4 Å². The number of rotatable bonds is 7. The summed E-state index contributed by atoms with van der Waals surface area (Å²) >= 11 is 0. The molecular weight excluding hydrogens is 919 g/mol. The van der Waals surface area contributed by atoms with E-state index in [1.54, 1.807) is 36.4 Å². The third-order valence-corrected chi connectivity index (χ3v) is 13.1. The molecule has 0 aliphatic heterocycles. The number of benzene rings is 9. The van der Waals surface area contributed by atoms with Crippen molar-refractivity contribution in [1.82, 2.24) is 24.1 Å². The molecule has 0 radical (unpaired) electrons. The van der Waals surface area contributed by atoms with Gasteiger partial charge in [-0.3, -0.25) is 0 Å². The highest BCUT2D eigenvalue weighted by atomic mass is 19.4. The smallest absolute Gasteiger partial charge is 0.309 e. The van der Waals surface area contributed by atoms with Crippen LogP contribution in [0.1, 0.15) is 11.1 Å². The van der Waals surface area contributed by atoms with E-state index in [1.165, 1.54) is 24.3 Å². The summed E-state index contributed by atoms with van der Waals surface area (Å²) in [7, 11) is 0. The Bertz CT molecular complexity index is 4090. The molecule has 0 saturated heterocycles. The molecule has 0 fully saturated rings. The van der Waals surface area contributed by atoms with Crippen LogP contribution in [0.15, 0.2) is 206 Å². The van der Waals surface area contributed by atoms with Crippen LogP contribution >= 0.6 is 0 Å². The fourth-order valence-electron chi connectivity index (χ4n) is 9.77. The van der Waals surface area contributed by atoms with E-state index in [4.69, 9.17) is 21.5 Å². The second-order valence-corrected chi connectivity index (χ2v) is 17.3. The second kappa shape index (κ2) is 17.0. The molecule has 3 aromatic heterocycles. The zero-order chi connectivity index (χ0) is 49.3. The Morgan fingerprint density at radius 2 is 0.764 bits per heavy atom. The standard InChI is InChI=1S/C60H34F6N6/c1-67-49-21-11-8-18-42(49)46-32-38(24-28-53(46)72-51-23-13-10-20-44(51)48-35-41(60(64,65)66)27-31-55(48)72)45-33-39(58-69-56(36-14-4-2-5-15-36)68-57(70-58)37-16-6-3-7-17-37)25-29-52(45)71-50-22-12-9-19-43(50)47-34-40(59(61,62)63)26-30-54(47)71/h2-35H. The van der Waals surface area contributed by atoms with Crippen LogP contribution in [0, 0.1) is 6.57 Å². The third kappa shape index (κ3) is 7.50. The van der Waals surface area contributed by atoms with Crippen LogP contribution in [0.2, 0.25) is 0 Å². The predicted octanol–water partition coefficient (Wildman–Crippen LogP) is 17.0. The maximum Gasteiger partial charge on any atom is 0.416 e. The van der Waals surface area contributed by atoms with Gasteiger partial charge in [0.2, 0.25) is 0 Å². The van der Waals surface area contributed by atoms with Crippen LogP contribution < -0.4 is 0 Å². The first kappa shape index (κ1) is 43.9. The molecule has 0 unspecified atom stereocenters. The first-order chi connectivity index (χ1) is 34.9. The molecule has 12 heteroatoms. The van der Waals surface area contributed by atoms with Crippen molar-refractivity contribution in [2.75, 3.05) is 0 Å². The van der Waals surface area contributed by atoms with Crippen molar-refractivity contribution in [3.05, 3.63) is 229 Å². The Kier molecular flexibility index (Phi) is 10.3. The number of fused-ring (bicyclic) bond motifs is 6. The second-order valence-electron chi connectivity index (χ2n) is 17.3. The van der Waals surface area contributed by atoms with Crippen LogP contribution in [0.25, 0.3) is 116 Å². The van der Waals surface area contributed by atoms with Gasteiger partial charge in [0.1, 0.15) is 0 Å². The lowest BCUT2D eigenvalue weighted by Gasteiger charge is -2.20. The molecule has 12 rings (SSSR count). The summed E-state index contributed by atoms with van der Waals surface area (Å²) in [5.41, 5.74) is 7.06. The summed E-state index contributed by atoms with van der Waals surface area (Å²) < 4.78 is 89.5. The molecule has 0 spiro atoms. The number of nitrogens with zero attached hydrogens (tertiary/aromatic N) is 6. The average molecular weight is 953 g/mol. The third-order valence-electron chi connectivity index (χ3n) is 13.1. The maximum absolute atomic E-state index is 14.3. The number of hydrogen-bond acceptors (Lipinski definition) is 3. The maximum atomic E-state index is 14.3. The molecule has 12 aromatic rings. The van der Waals surface area contributed by atoms with E-state index in [2.05, 4.69) is 4.85 Å². The highest BCUT2D eigenvalue weighted by molar-refractivity contribution is 6.11. The molecule has 9 aromatic carbocycles. The summed E-state index contributed by atoms with van der Waals surface area (Å²) in [5.74, 6) is 1.26. The van der Waals surface area contributed by atoms with Crippen LogP contribution in [0.3, 0.4) is 0 Å². The number of alkyl halides is 6. The number of aromatic nitrogens is 5. The largest absolute Gasteiger partial charge is 0.416 e. The summed E-state index contributed by atoms with van der Waals surface area (Å²) in [6, 6.07) is 59.9. The van der Waals surface area contributed by atoms with E-state index in [9.17, 15) is 26.3 Å². The summed E-state index contributed by atoms with van der Waals surface area (Å²) in [6.45, 7) is 8.28. The molecule has 3 heterocycles. The summed E-state index contributed by atoms with van der Waals surface area (Å²) in [4.78, 5) is 18.9. The summed E-state index contributed by atoms with van der Waals surface area (Å²) in [6.07, 6.45) is -9.15. The Morgan fingerprint density at radius 1 is 0.347 bits per heavy atom. The van der Waals surface area contributed by atoms with Gasteiger partial charge in [0, 0.05) is 43.8 Å². The van der Waals surface area contributed by atoms with Gasteiger partial charge in [-0.05, 0) is 95.6 Å². The Balaban J connectivity index is 1.16. The van der Waals surface area contributed by atoms with Crippen molar-refractivity contribution in [2.45, 2.75) is 12.4 Å². The normalized spacial score (nSPS) is 12.0. The van der Waals surface area contributed by atoms with Crippen molar-refractivity contribution in [3.8, 4) is 67.8 Å². The van der Waals surface area contributed by atoms with Crippen molar-refractivity contribution in [2.24, 2.45) is 0 Å². The first-order valence-corrected chi connectivity index (χ1v) is 22.8. The van der Waals surface area contributed by atoms with E-state index in [1.807, 2.05) is 143 Å². The molecule has 0 aliphatic carbocycles. The molecular formula is C60H34F6N6. The fourth-order valence-corrected chi connectivity index (χ4v) is 9.77. The molecule has 0 amide bonds. The van der Waals surface area contributed by atoms with E-state index < -0.39 is 23.5 Å². The lowest BCUT2D eigenvalue weighted by atomic mass is 9.94. The monoisotopic (exact) mass is 952 g/mol. The van der Waals surface area contributed by atoms with Crippen molar-refractivity contribution in [1.29, 1.82) is 0 Å². The number of halogens is 6. The predicted molar refractivity (Wildman–Crippen MR) is 272 cm³/mol. The highest BCUT2D eigenvalue weighted by Gasteiger charge is 2.33. The zero-order valence-electron chi connectivity index (χ0n) is 37.6. The van der Waals surface area contributed by atoms with Gasteiger partial charge in [-0.15, -0.1) is 0 Å². The SMILES string of the molecule is [C-]#[N+]c1ccccc1-c1cc(-c2cc(-c3nc(-c4ccccc4)nc(-c4ccccc4)n3)ccc2-n2c3ccccc3c3cc(C(F)(F)F)ccc32)ccc1-n1c2ccccc2c2cc(C(F)(F)F)ccc21. The molecule has 0 bridgehead atoms. The Hall–Kier alpha value is -9.34. The van der Waals surface area contributed by atoms with Gasteiger partial charge in [-0.2, -0.15) is 26.3 Å². The molecule has 6 nitrogen and oxygen atoms in total. The van der Waals surface area contributed by atoms with Gasteiger partial charge in [0.15, 0.2) is 23.2 Å². The summed E-state index contributed by atoms with van der Waals surface area (Å²) in [5, 5.41) is 2.05. The Morgan fingerprint density at radius 3 is 1.28 bits per heavy atom. The topological polar surface area (TPSA) is 52.9 Å². The first-order valence-electron chi connectivity index (χ1n) is 22.8. The van der Waals surface area contributed by atoms with Gasteiger partial charge in [-0.1, -0.05) is 127 Å². The van der Waals surface area contributed by atoms with Crippen molar-refractivity contribution >= 4 is 49.3 Å². The molecule has 72 heavy (non-hydrogen) atoms. The lowest BCUT2D eigenvalue weighted by molar-refractivity contribution is -0.138. The molecule has 346 valence electrons. The van der Waals surface area contributed by atoms with E-state index in [0.717, 1.165) is 23.3 Å². The van der Waals surface area contributed by atoms with Crippen LogP contribution in [-0.4, -0.2) is 24.1 Å². The molecule has 0 aliphatic rings.